The van der Waals surface area contributed by atoms with Crippen molar-refractivity contribution in [2.45, 2.75) is 120 Å². The van der Waals surface area contributed by atoms with E-state index >= 15 is 0 Å². The lowest BCUT2D eigenvalue weighted by molar-refractivity contribution is -0.372. The first-order valence-corrected chi connectivity index (χ1v) is 13.2. The third kappa shape index (κ3) is 6.37. The van der Waals surface area contributed by atoms with E-state index in [2.05, 4.69) is 0 Å². The van der Waals surface area contributed by atoms with E-state index in [1.54, 1.807) is 49.8 Å². The fourth-order valence-electron chi connectivity index (χ4n) is 6.02. The minimum absolute atomic E-state index is 0.158. The quantitative estimate of drug-likeness (QED) is 0.367. The van der Waals surface area contributed by atoms with Gasteiger partial charge >= 0.3 is 0 Å². The highest BCUT2D eigenvalue weighted by Crippen LogP contribution is 2.36. The van der Waals surface area contributed by atoms with Crippen molar-refractivity contribution in [1.29, 1.82) is 0 Å². The number of methoxy groups -OCH3 is 7. The summed E-state index contributed by atoms with van der Waals surface area (Å²) in [6, 6.07) is 0. The summed E-state index contributed by atoms with van der Waals surface area (Å²) in [5.74, 6) is 0. The molecule has 12 heteroatoms. The molecule has 0 spiro atoms. The molecule has 3 aliphatic heterocycles. The maximum absolute atomic E-state index is 6.49. The first kappa shape index (κ1) is 32.0. The van der Waals surface area contributed by atoms with Gasteiger partial charge in [0, 0.05) is 49.8 Å². The Hall–Kier alpha value is -0.480. The SMILES string of the molecule is COC1C(C)OC(C)C(OC2OC(C)C(OC3OC(C)C(OC)C(OC)C3OC)C(OC)C2OC)C1OC. The van der Waals surface area contributed by atoms with Gasteiger partial charge in [-0.25, -0.2) is 0 Å². The highest BCUT2D eigenvalue weighted by Gasteiger charge is 2.53. The van der Waals surface area contributed by atoms with Crippen LogP contribution in [0.15, 0.2) is 0 Å². The number of hydrogen-bond donors (Lipinski definition) is 0. The lowest BCUT2D eigenvalue weighted by Crippen LogP contribution is -2.66. The summed E-state index contributed by atoms with van der Waals surface area (Å²) in [6.07, 6.45) is -6.89. The zero-order valence-corrected chi connectivity index (χ0v) is 24.6. The zero-order chi connectivity index (χ0) is 28.1. The van der Waals surface area contributed by atoms with E-state index in [0.717, 1.165) is 0 Å². The standard InChI is InChI=1S/C26H48O12/c1-12-16(27-5)20(29-7)18(14(3)34-12)37-26-24(33-11)22(31-9)19(15(4)36-26)38-25-23(32-10)21(30-8)17(28-6)13(2)35-25/h12-26H,1-11H3. The minimum atomic E-state index is -0.784. The van der Waals surface area contributed by atoms with E-state index in [1.165, 1.54) is 0 Å². The molecule has 3 aliphatic rings. The Labute approximate surface area is 226 Å². The van der Waals surface area contributed by atoms with Crippen LogP contribution in [0.2, 0.25) is 0 Å². The molecule has 0 aromatic rings. The normalized spacial score (nSPS) is 48.2. The molecule has 3 rings (SSSR count). The second-order valence-corrected chi connectivity index (χ2v) is 10.1. The summed E-state index contributed by atoms with van der Waals surface area (Å²) >= 11 is 0. The topological polar surface area (TPSA) is 111 Å². The molecule has 224 valence electrons. The van der Waals surface area contributed by atoms with Crippen LogP contribution in [0.3, 0.4) is 0 Å². The van der Waals surface area contributed by atoms with Crippen LogP contribution in [-0.2, 0) is 56.8 Å². The Morgan fingerprint density at radius 2 is 0.579 bits per heavy atom. The van der Waals surface area contributed by atoms with Crippen molar-refractivity contribution in [1.82, 2.24) is 0 Å². The molecule has 0 bridgehead atoms. The summed E-state index contributed by atoms with van der Waals surface area (Å²) in [5.41, 5.74) is 0. The average molecular weight is 553 g/mol. The van der Waals surface area contributed by atoms with Crippen LogP contribution < -0.4 is 0 Å². The molecule has 3 fully saturated rings. The minimum Gasteiger partial charge on any atom is -0.376 e. The molecule has 0 aromatic heterocycles. The van der Waals surface area contributed by atoms with Crippen molar-refractivity contribution >= 4 is 0 Å². The third-order valence-electron chi connectivity index (χ3n) is 7.94. The maximum atomic E-state index is 6.49. The Balaban J connectivity index is 1.79. The number of rotatable bonds is 11. The van der Waals surface area contributed by atoms with E-state index < -0.39 is 55.3 Å². The Morgan fingerprint density at radius 1 is 0.316 bits per heavy atom. The van der Waals surface area contributed by atoms with Crippen molar-refractivity contribution in [2.75, 3.05) is 49.8 Å². The Kier molecular flexibility index (Phi) is 12.2. The monoisotopic (exact) mass is 552 g/mol. The van der Waals surface area contributed by atoms with E-state index in [4.69, 9.17) is 56.8 Å². The largest absolute Gasteiger partial charge is 0.376 e. The van der Waals surface area contributed by atoms with Gasteiger partial charge in [-0.3, -0.25) is 0 Å². The van der Waals surface area contributed by atoms with Gasteiger partial charge in [0.2, 0.25) is 0 Å². The van der Waals surface area contributed by atoms with Gasteiger partial charge in [0.15, 0.2) is 12.6 Å². The lowest BCUT2D eigenvalue weighted by Gasteiger charge is -2.50. The molecule has 0 aliphatic carbocycles. The first-order chi connectivity index (χ1) is 18.2. The Morgan fingerprint density at radius 3 is 0.947 bits per heavy atom. The van der Waals surface area contributed by atoms with Crippen molar-refractivity contribution in [2.24, 2.45) is 0 Å². The summed E-state index contributed by atoms with van der Waals surface area (Å²) in [6.45, 7) is 7.70. The maximum Gasteiger partial charge on any atom is 0.187 e. The lowest BCUT2D eigenvalue weighted by atomic mass is 9.94. The molecule has 0 radical (unpaired) electrons. The third-order valence-corrected chi connectivity index (χ3v) is 7.94. The van der Waals surface area contributed by atoms with Crippen molar-refractivity contribution in [3.63, 3.8) is 0 Å². The van der Waals surface area contributed by atoms with E-state index in [1.807, 2.05) is 27.7 Å². The molecule has 12 nitrogen and oxygen atoms in total. The average Bonchev–Trinajstić information content (AvgIpc) is 2.90. The number of hydrogen-bond acceptors (Lipinski definition) is 12. The van der Waals surface area contributed by atoms with Crippen molar-refractivity contribution in [3.05, 3.63) is 0 Å². The second kappa shape index (κ2) is 14.4. The fraction of sp³-hybridized carbons (Fsp3) is 1.00. The van der Waals surface area contributed by atoms with Gasteiger partial charge in [-0.1, -0.05) is 0 Å². The Bertz CT molecular complexity index is 699. The van der Waals surface area contributed by atoms with Gasteiger partial charge in [0.05, 0.1) is 24.4 Å². The second-order valence-electron chi connectivity index (χ2n) is 10.1. The van der Waals surface area contributed by atoms with Crippen LogP contribution in [0.5, 0.6) is 0 Å². The molecule has 0 aromatic carbocycles. The zero-order valence-electron chi connectivity index (χ0n) is 24.6. The molecule has 15 unspecified atom stereocenters. The summed E-state index contributed by atoms with van der Waals surface area (Å²) in [7, 11) is 11.3. The molecule has 0 N–H and O–H groups in total. The first-order valence-electron chi connectivity index (χ1n) is 13.2. The van der Waals surface area contributed by atoms with Crippen LogP contribution in [0.1, 0.15) is 27.7 Å². The van der Waals surface area contributed by atoms with Gasteiger partial charge in [0.25, 0.3) is 0 Å². The summed E-state index contributed by atoms with van der Waals surface area (Å²) in [5, 5.41) is 0. The van der Waals surface area contributed by atoms with Gasteiger partial charge in [0.1, 0.15) is 54.9 Å². The summed E-state index contributed by atoms with van der Waals surface area (Å²) in [4.78, 5) is 0. The van der Waals surface area contributed by atoms with Gasteiger partial charge in [-0.05, 0) is 27.7 Å². The molecular formula is C26H48O12. The predicted octanol–water partition coefficient (Wildman–Crippen LogP) is 1.16. The molecule has 3 heterocycles. The van der Waals surface area contributed by atoms with Crippen molar-refractivity contribution < 1.29 is 56.8 Å². The smallest absolute Gasteiger partial charge is 0.187 e. The fourth-order valence-corrected chi connectivity index (χ4v) is 6.02. The van der Waals surface area contributed by atoms with E-state index in [0.29, 0.717) is 0 Å². The number of ether oxygens (including phenoxy) is 12. The molecule has 15 atom stereocenters. The molecule has 0 amide bonds. The van der Waals surface area contributed by atoms with Crippen LogP contribution in [0.25, 0.3) is 0 Å². The molecular weight excluding hydrogens is 504 g/mol. The summed E-state index contributed by atoms with van der Waals surface area (Å²) < 4.78 is 71.9. The molecule has 38 heavy (non-hydrogen) atoms. The van der Waals surface area contributed by atoms with Crippen LogP contribution in [0.4, 0.5) is 0 Å². The van der Waals surface area contributed by atoms with Crippen LogP contribution in [-0.4, -0.2) is 142 Å². The molecule has 3 saturated heterocycles. The van der Waals surface area contributed by atoms with E-state index in [-0.39, 0.29) is 36.6 Å². The highest BCUT2D eigenvalue weighted by molar-refractivity contribution is 4.97. The molecule has 0 saturated carbocycles. The van der Waals surface area contributed by atoms with E-state index in [9.17, 15) is 0 Å². The predicted molar refractivity (Wildman–Crippen MR) is 134 cm³/mol. The van der Waals surface area contributed by atoms with Crippen molar-refractivity contribution in [3.8, 4) is 0 Å². The highest BCUT2D eigenvalue weighted by atomic mass is 16.8. The van der Waals surface area contributed by atoms with Gasteiger partial charge in [-0.2, -0.15) is 0 Å². The van der Waals surface area contributed by atoms with Gasteiger partial charge < -0.3 is 56.8 Å². The van der Waals surface area contributed by atoms with Crippen LogP contribution in [0, 0.1) is 0 Å². The van der Waals surface area contributed by atoms with Crippen LogP contribution >= 0.6 is 0 Å². The van der Waals surface area contributed by atoms with Gasteiger partial charge in [-0.15, -0.1) is 0 Å².